The molecule has 0 spiro atoms. The Morgan fingerprint density at radius 3 is 2.67 bits per heavy atom. The highest BCUT2D eigenvalue weighted by Gasteiger charge is 2.34. The van der Waals surface area contributed by atoms with Crippen LogP contribution in [0.15, 0.2) is 42.5 Å². The van der Waals surface area contributed by atoms with E-state index in [1.807, 2.05) is 26.0 Å². The Bertz CT molecular complexity index is 1090. The van der Waals surface area contributed by atoms with Crippen LogP contribution in [0.3, 0.4) is 0 Å². The molecule has 2 heterocycles. The minimum Gasteiger partial charge on any atom is -0.497 e. The van der Waals surface area contributed by atoms with E-state index in [9.17, 15) is 9.59 Å². The summed E-state index contributed by atoms with van der Waals surface area (Å²) in [6.45, 7) is 4.60. The first-order chi connectivity index (χ1) is 14.4. The number of hydrogen-bond donors (Lipinski definition) is 1. The molecule has 154 valence electrons. The molecule has 3 aromatic rings. The van der Waals surface area contributed by atoms with E-state index in [1.54, 1.807) is 36.3 Å². The first-order valence-electron chi connectivity index (χ1n) is 9.60. The maximum atomic E-state index is 12.6. The average Bonchev–Trinajstić information content (AvgIpc) is 3.33. The topological polar surface area (TPSA) is 84.4 Å². The lowest BCUT2D eigenvalue weighted by Crippen LogP contribution is -2.24. The Hall–Kier alpha value is -3.26. The van der Waals surface area contributed by atoms with Crippen molar-refractivity contribution in [1.82, 2.24) is 10.2 Å². The summed E-state index contributed by atoms with van der Waals surface area (Å²) in [5, 5.41) is 12.3. The number of carbonyl (C=O) groups excluding carboxylic acids is 2. The molecule has 2 aromatic carbocycles. The fourth-order valence-corrected chi connectivity index (χ4v) is 4.44. The van der Waals surface area contributed by atoms with Gasteiger partial charge in [-0.1, -0.05) is 23.5 Å². The van der Waals surface area contributed by atoms with Crippen LogP contribution in [0.25, 0.3) is 0 Å². The number of amides is 2. The minimum absolute atomic E-state index is 0.0433. The first-order valence-corrected chi connectivity index (χ1v) is 10.4. The third kappa shape index (κ3) is 4.18. The Morgan fingerprint density at radius 2 is 1.93 bits per heavy atom. The highest BCUT2D eigenvalue weighted by Crippen LogP contribution is 2.35. The van der Waals surface area contributed by atoms with E-state index >= 15 is 0 Å². The second kappa shape index (κ2) is 8.23. The van der Waals surface area contributed by atoms with Gasteiger partial charge in [-0.25, -0.2) is 0 Å². The Labute approximate surface area is 178 Å². The quantitative estimate of drug-likeness (QED) is 0.673. The Morgan fingerprint density at radius 1 is 1.17 bits per heavy atom. The van der Waals surface area contributed by atoms with Crippen LogP contribution in [0.1, 0.15) is 38.8 Å². The standard InChI is InChI=1S/C22H22N4O3S/c1-13-7-14(2)9-17(8-13)26-12-16(11-19(26)27)21-24-25-22(30-21)23-20(28)15-5-4-6-18(10-15)29-3/h4-10,16H,11-12H2,1-3H3,(H,23,25,28)/t16-/m1/s1. The molecule has 0 aliphatic carbocycles. The molecule has 2 amide bonds. The highest BCUT2D eigenvalue weighted by molar-refractivity contribution is 7.15. The summed E-state index contributed by atoms with van der Waals surface area (Å²) in [5.74, 6) is 0.355. The first kappa shape index (κ1) is 20.0. The molecule has 0 bridgehead atoms. The molecular weight excluding hydrogens is 400 g/mol. The molecule has 1 aliphatic heterocycles. The van der Waals surface area contributed by atoms with Crippen molar-refractivity contribution >= 4 is 34.0 Å². The van der Waals surface area contributed by atoms with Crippen molar-refractivity contribution in [3.63, 3.8) is 0 Å². The van der Waals surface area contributed by atoms with Gasteiger partial charge in [0.15, 0.2) is 0 Å². The molecule has 4 rings (SSSR count). The van der Waals surface area contributed by atoms with Crippen LogP contribution in [-0.4, -0.2) is 35.7 Å². The van der Waals surface area contributed by atoms with Gasteiger partial charge in [0.2, 0.25) is 11.0 Å². The molecule has 0 saturated carbocycles. The molecule has 8 heteroatoms. The van der Waals surface area contributed by atoms with Crippen LogP contribution in [0.2, 0.25) is 0 Å². The molecule has 1 saturated heterocycles. The molecule has 0 unspecified atom stereocenters. The lowest BCUT2D eigenvalue weighted by molar-refractivity contribution is -0.117. The SMILES string of the molecule is COc1cccc(C(=O)Nc2nnc([C@@H]3CC(=O)N(c4cc(C)cc(C)c4)C3)s2)c1. The van der Waals surface area contributed by atoms with Crippen LogP contribution >= 0.6 is 11.3 Å². The summed E-state index contributed by atoms with van der Waals surface area (Å²) < 4.78 is 5.16. The van der Waals surface area contributed by atoms with E-state index in [4.69, 9.17) is 4.74 Å². The average molecular weight is 423 g/mol. The number of nitrogens with one attached hydrogen (secondary N) is 1. The summed E-state index contributed by atoms with van der Waals surface area (Å²) in [5.41, 5.74) is 3.64. The number of aryl methyl sites for hydroxylation is 2. The smallest absolute Gasteiger partial charge is 0.257 e. The van der Waals surface area contributed by atoms with Crippen molar-refractivity contribution in [1.29, 1.82) is 0 Å². The third-order valence-electron chi connectivity index (χ3n) is 4.99. The van der Waals surface area contributed by atoms with E-state index < -0.39 is 0 Å². The fourth-order valence-electron chi connectivity index (χ4n) is 3.61. The summed E-state index contributed by atoms with van der Waals surface area (Å²) in [4.78, 5) is 26.9. The van der Waals surface area contributed by atoms with E-state index in [-0.39, 0.29) is 17.7 Å². The molecule has 1 N–H and O–H groups in total. The fraction of sp³-hybridized carbons (Fsp3) is 0.273. The van der Waals surface area contributed by atoms with Gasteiger partial charge in [-0.05, 0) is 55.3 Å². The van der Waals surface area contributed by atoms with Crippen molar-refractivity contribution in [2.75, 3.05) is 23.9 Å². The number of rotatable bonds is 5. The van der Waals surface area contributed by atoms with Gasteiger partial charge in [0, 0.05) is 30.1 Å². The molecule has 1 atom stereocenters. The van der Waals surface area contributed by atoms with Gasteiger partial charge in [-0.15, -0.1) is 10.2 Å². The number of anilines is 2. The van der Waals surface area contributed by atoms with Gasteiger partial charge in [-0.3, -0.25) is 14.9 Å². The summed E-state index contributed by atoms with van der Waals surface area (Å²) >= 11 is 1.30. The zero-order chi connectivity index (χ0) is 21.3. The zero-order valence-corrected chi connectivity index (χ0v) is 17.8. The molecular formula is C22H22N4O3S. The highest BCUT2D eigenvalue weighted by atomic mass is 32.1. The lowest BCUT2D eigenvalue weighted by atomic mass is 10.1. The number of aromatic nitrogens is 2. The monoisotopic (exact) mass is 422 g/mol. The van der Waals surface area contributed by atoms with Crippen molar-refractivity contribution < 1.29 is 14.3 Å². The molecule has 0 radical (unpaired) electrons. The summed E-state index contributed by atoms with van der Waals surface area (Å²) in [6.07, 6.45) is 0.380. The number of carbonyl (C=O) groups is 2. The number of benzene rings is 2. The Balaban J connectivity index is 1.46. The largest absolute Gasteiger partial charge is 0.497 e. The number of methoxy groups -OCH3 is 1. The zero-order valence-electron chi connectivity index (χ0n) is 17.0. The normalized spacial score (nSPS) is 16.0. The van der Waals surface area contributed by atoms with Crippen molar-refractivity contribution in [3.05, 3.63) is 64.2 Å². The summed E-state index contributed by atoms with van der Waals surface area (Å²) in [6, 6.07) is 13.0. The van der Waals surface area contributed by atoms with Gasteiger partial charge in [0.1, 0.15) is 10.8 Å². The van der Waals surface area contributed by atoms with E-state index in [1.165, 1.54) is 11.3 Å². The van der Waals surface area contributed by atoms with Gasteiger partial charge < -0.3 is 9.64 Å². The lowest BCUT2D eigenvalue weighted by Gasteiger charge is -2.17. The predicted octanol–water partition coefficient (Wildman–Crippen LogP) is 3.94. The summed E-state index contributed by atoms with van der Waals surface area (Å²) in [7, 11) is 1.55. The molecule has 30 heavy (non-hydrogen) atoms. The minimum atomic E-state index is -0.282. The number of hydrogen-bond acceptors (Lipinski definition) is 6. The molecule has 1 aliphatic rings. The number of nitrogens with zero attached hydrogens (tertiary/aromatic N) is 3. The maximum absolute atomic E-state index is 12.6. The van der Waals surface area contributed by atoms with Gasteiger partial charge >= 0.3 is 0 Å². The Kier molecular flexibility index (Phi) is 5.50. The van der Waals surface area contributed by atoms with Gasteiger partial charge in [0.05, 0.1) is 7.11 Å². The maximum Gasteiger partial charge on any atom is 0.257 e. The van der Waals surface area contributed by atoms with Crippen LogP contribution in [0.4, 0.5) is 10.8 Å². The molecule has 1 fully saturated rings. The van der Waals surface area contributed by atoms with E-state index in [0.29, 0.717) is 29.4 Å². The van der Waals surface area contributed by atoms with Crippen molar-refractivity contribution in [2.45, 2.75) is 26.2 Å². The second-order valence-corrected chi connectivity index (χ2v) is 8.39. The van der Waals surface area contributed by atoms with Crippen LogP contribution < -0.4 is 15.0 Å². The van der Waals surface area contributed by atoms with Crippen LogP contribution in [0.5, 0.6) is 5.75 Å². The van der Waals surface area contributed by atoms with Gasteiger partial charge in [0.25, 0.3) is 5.91 Å². The van der Waals surface area contributed by atoms with Crippen LogP contribution in [0, 0.1) is 13.8 Å². The second-order valence-electron chi connectivity index (χ2n) is 7.38. The third-order valence-corrected chi connectivity index (χ3v) is 5.99. The predicted molar refractivity (Wildman–Crippen MR) is 116 cm³/mol. The van der Waals surface area contributed by atoms with E-state index in [0.717, 1.165) is 21.8 Å². The van der Waals surface area contributed by atoms with E-state index in [2.05, 4.69) is 21.6 Å². The number of ether oxygens (including phenoxy) is 1. The molecule has 7 nitrogen and oxygen atoms in total. The van der Waals surface area contributed by atoms with Crippen molar-refractivity contribution in [2.24, 2.45) is 0 Å². The van der Waals surface area contributed by atoms with Crippen LogP contribution in [-0.2, 0) is 4.79 Å². The van der Waals surface area contributed by atoms with Crippen molar-refractivity contribution in [3.8, 4) is 5.75 Å². The molecule has 1 aromatic heterocycles. The van der Waals surface area contributed by atoms with Gasteiger partial charge in [-0.2, -0.15) is 0 Å².